The molecule has 2 aromatic rings. The number of hydrogen-bond acceptors (Lipinski definition) is 3. The summed E-state index contributed by atoms with van der Waals surface area (Å²) in [5.74, 6) is -1.50. The van der Waals surface area contributed by atoms with Crippen LogP contribution in [0.3, 0.4) is 0 Å². The molecule has 0 fully saturated rings. The zero-order valence-electron chi connectivity index (χ0n) is 8.77. The van der Waals surface area contributed by atoms with E-state index in [1.165, 1.54) is 23.0 Å². The number of halogens is 2. The summed E-state index contributed by atoms with van der Waals surface area (Å²) >= 11 is 0. The highest BCUT2D eigenvalue weighted by atomic mass is 19.1. The molecule has 17 heavy (non-hydrogen) atoms. The molecule has 0 unspecified atom stereocenters. The van der Waals surface area contributed by atoms with Crippen LogP contribution >= 0.6 is 0 Å². The average molecular weight is 237 g/mol. The zero-order chi connectivity index (χ0) is 12.4. The smallest absolute Gasteiger partial charge is 0.146 e. The molecule has 0 atom stereocenters. The van der Waals surface area contributed by atoms with E-state index in [1.807, 2.05) is 0 Å². The van der Waals surface area contributed by atoms with Crippen molar-refractivity contribution < 1.29 is 13.9 Å². The van der Waals surface area contributed by atoms with Gasteiger partial charge in [-0.3, -0.25) is 0 Å². The van der Waals surface area contributed by atoms with Crippen LogP contribution in [0, 0.1) is 11.6 Å². The molecule has 0 saturated carbocycles. The summed E-state index contributed by atoms with van der Waals surface area (Å²) in [6.07, 6.45) is 1.44. The molecule has 1 heterocycles. The number of hydrogen-bond donors (Lipinski definition) is 1. The van der Waals surface area contributed by atoms with Crippen LogP contribution in [-0.2, 0) is 6.54 Å². The van der Waals surface area contributed by atoms with E-state index in [0.29, 0.717) is 5.56 Å². The van der Waals surface area contributed by atoms with Crippen molar-refractivity contribution in [1.29, 1.82) is 0 Å². The van der Waals surface area contributed by atoms with Crippen molar-refractivity contribution in [3.8, 4) is 0 Å². The molecule has 0 spiro atoms. The second kappa shape index (κ2) is 4.32. The minimum absolute atomic E-state index is 0.162. The lowest BCUT2D eigenvalue weighted by Crippen LogP contribution is -2.01. The largest absolute Gasteiger partial charge is 0.506 e. The standard InChI is InChI=1S/C11H9F2N3O/c1-7(17)11-6-16(15-14-11)5-8-2-9(12)4-10(13)3-8/h2-4,6,17H,1,5H2. The summed E-state index contributed by atoms with van der Waals surface area (Å²) in [6.45, 7) is 3.46. The molecular weight excluding hydrogens is 228 g/mol. The third-order valence-electron chi connectivity index (χ3n) is 2.10. The van der Waals surface area contributed by atoms with Crippen LogP contribution in [0.25, 0.3) is 5.76 Å². The van der Waals surface area contributed by atoms with Gasteiger partial charge in [0.1, 0.15) is 23.1 Å². The van der Waals surface area contributed by atoms with E-state index in [-0.39, 0.29) is 18.0 Å². The molecule has 2 rings (SSSR count). The Bertz CT molecular complexity index is 545. The predicted molar refractivity (Wildman–Crippen MR) is 57.1 cm³/mol. The van der Waals surface area contributed by atoms with Crippen molar-refractivity contribution >= 4 is 5.76 Å². The third-order valence-corrected chi connectivity index (χ3v) is 2.10. The summed E-state index contributed by atoms with van der Waals surface area (Å²) in [4.78, 5) is 0. The van der Waals surface area contributed by atoms with Crippen molar-refractivity contribution in [2.24, 2.45) is 0 Å². The van der Waals surface area contributed by atoms with Gasteiger partial charge in [-0.05, 0) is 17.7 Å². The molecule has 0 bridgehead atoms. The number of nitrogens with zero attached hydrogens (tertiary/aromatic N) is 3. The molecule has 4 nitrogen and oxygen atoms in total. The number of aromatic nitrogens is 3. The lowest BCUT2D eigenvalue weighted by Gasteiger charge is -2.01. The Morgan fingerprint density at radius 3 is 2.47 bits per heavy atom. The molecule has 0 amide bonds. The van der Waals surface area contributed by atoms with Crippen LogP contribution in [-0.4, -0.2) is 20.1 Å². The fourth-order valence-corrected chi connectivity index (χ4v) is 1.40. The molecule has 1 aromatic carbocycles. The van der Waals surface area contributed by atoms with Crippen molar-refractivity contribution in [3.63, 3.8) is 0 Å². The van der Waals surface area contributed by atoms with Gasteiger partial charge in [-0.25, -0.2) is 13.5 Å². The molecule has 1 N–H and O–H groups in total. The minimum Gasteiger partial charge on any atom is -0.506 e. The summed E-state index contributed by atoms with van der Waals surface area (Å²) in [5.41, 5.74) is 0.643. The molecular formula is C11H9F2N3O. The first-order chi connectivity index (χ1) is 8.04. The van der Waals surface area contributed by atoms with E-state index in [2.05, 4.69) is 16.9 Å². The van der Waals surface area contributed by atoms with E-state index < -0.39 is 11.6 Å². The molecule has 0 aliphatic heterocycles. The maximum atomic E-state index is 12.9. The Morgan fingerprint density at radius 1 is 1.29 bits per heavy atom. The first-order valence-electron chi connectivity index (χ1n) is 4.78. The molecule has 0 radical (unpaired) electrons. The lowest BCUT2D eigenvalue weighted by molar-refractivity contribution is 0.510. The SMILES string of the molecule is C=C(O)c1cn(Cc2cc(F)cc(F)c2)nn1. The van der Waals surface area contributed by atoms with Crippen molar-refractivity contribution in [3.05, 3.63) is 53.9 Å². The maximum Gasteiger partial charge on any atom is 0.146 e. The molecule has 6 heteroatoms. The van der Waals surface area contributed by atoms with Crippen LogP contribution in [0.5, 0.6) is 0 Å². The van der Waals surface area contributed by atoms with Crippen LogP contribution in [0.1, 0.15) is 11.3 Å². The van der Waals surface area contributed by atoms with Gasteiger partial charge < -0.3 is 5.11 Å². The monoisotopic (exact) mass is 237 g/mol. The Morgan fingerprint density at radius 2 is 1.94 bits per heavy atom. The quantitative estimate of drug-likeness (QED) is 0.832. The van der Waals surface area contributed by atoms with Gasteiger partial charge in [0.25, 0.3) is 0 Å². The van der Waals surface area contributed by atoms with Gasteiger partial charge in [0.15, 0.2) is 0 Å². The fraction of sp³-hybridized carbons (Fsp3) is 0.0909. The highest BCUT2D eigenvalue weighted by Crippen LogP contribution is 2.10. The van der Waals surface area contributed by atoms with Gasteiger partial charge in [-0.2, -0.15) is 0 Å². The Balaban J connectivity index is 2.22. The molecule has 0 aliphatic rings. The average Bonchev–Trinajstić information content (AvgIpc) is 2.64. The summed E-state index contributed by atoms with van der Waals surface area (Å²) in [5, 5.41) is 16.4. The van der Waals surface area contributed by atoms with E-state index in [4.69, 9.17) is 5.11 Å². The van der Waals surface area contributed by atoms with Gasteiger partial charge in [0.05, 0.1) is 12.7 Å². The van der Waals surface area contributed by atoms with E-state index in [9.17, 15) is 8.78 Å². The van der Waals surface area contributed by atoms with Crippen LogP contribution in [0.2, 0.25) is 0 Å². The van der Waals surface area contributed by atoms with Gasteiger partial charge in [0.2, 0.25) is 0 Å². The molecule has 88 valence electrons. The molecule has 1 aromatic heterocycles. The lowest BCUT2D eigenvalue weighted by atomic mass is 10.2. The second-order valence-corrected chi connectivity index (χ2v) is 3.53. The van der Waals surface area contributed by atoms with Gasteiger partial charge >= 0.3 is 0 Å². The second-order valence-electron chi connectivity index (χ2n) is 3.53. The van der Waals surface area contributed by atoms with Crippen molar-refractivity contribution in [2.45, 2.75) is 6.54 Å². The van der Waals surface area contributed by atoms with Crippen molar-refractivity contribution in [1.82, 2.24) is 15.0 Å². The highest BCUT2D eigenvalue weighted by molar-refractivity contribution is 5.49. The number of aliphatic hydroxyl groups excluding tert-OH is 1. The third kappa shape index (κ3) is 2.66. The van der Waals surface area contributed by atoms with Gasteiger partial charge in [-0.1, -0.05) is 11.8 Å². The van der Waals surface area contributed by atoms with Crippen molar-refractivity contribution in [2.75, 3.05) is 0 Å². The highest BCUT2D eigenvalue weighted by Gasteiger charge is 2.05. The van der Waals surface area contributed by atoms with E-state index in [1.54, 1.807) is 0 Å². The maximum absolute atomic E-state index is 12.9. The summed E-state index contributed by atoms with van der Waals surface area (Å²) < 4.78 is 27.2. The van der Waals surface area contributed by atoms with Gasteiger partial charge in [0, 0.05) is 6.07 Å². The zero-order valence-corrected chi connectivity index (χ0v) is 8.77. The summed E-state index contributed by atoms with van der Waals surface area (Å²) in [6, 6.07) is 3.21. The Kier molecular flexibility index (Phi) is 2.86. The molecule has 0 aliphatic carbocycles. The normalized spacial score (nSPS) is 10.5. The van der Waals surface area contributed by atoms with E-state index in [0.717, 1.165) is 6.07 Å². The van der Waals surface area contributed by atoms with Crippen LogP contribution < -0.4 is 0 Å². The van der Waals surface area contributed by atoms with Gasteiger partial charge in [-0.15, -0.1) is 5.10 Å². The van der Waals surface area contributed by atoms with E-state index >= 15 is 0 Å². The number of aliphatic hydroxyl groups is 1. The van der Waals surface area contributed by atoms with Crippen LogP contribution in [0.15, 0.2) is 31.0 Å². The Labute approximate surface area is 95.8 Å². The Hall–Kier alpha value is -2.24. The first kappa shape index (κ1) is 11.3. The topological polar surface area (TPSA) is 50.9 Å². The fourth-order valence-electron chi connectivity index (χ4n) is 1.40. The predicted octanol–water partition coefficient (Wildman–Crippen LogP) is 2.13. The number of rotatable bonds is 3. The number of benzene rings is 1. The molecule has 0 saturated heterocycles. The minimum atomic E-state index is -0.646. The summed E-state index contributed by atoms with van der Waals surface area (Å²) in [7, 11) is 0. The first-order valence-corrected chi connectivity index (χ1v) is 4.78. The van der Waals surface area contributed by atoms with Crippen LogP contribution in [0.4, 0.5) is 8.78 Å².